The van der Waals surface area contributed by atoms with E-state index in [9.17, 15) is 0 Å². The molecule has 0 aliphatic heterocycles. The minimum atomic E-state index is 1.15. The standard InChI is InChI=1S/C48H31N/c1-3-13-32(14-4-1)34-24-26-48-46(31-34)44-21-11-12-22-47(44)49(48)38-28-36(33-15-5-2-6-16-33)27-37(29-38)35-23-25-43-41-19-8-7-17-39(41)40-18-9-10-20-42(40)45(43)30-35/h1-31H. The van der Waals surface area contributed by atoms with Crippen molar-refractivity contribution in [3.63, 3.8) is 0 Å². The third kappa shape index (κ3) is 4.47. The third-order valence-electron chi connectivity index (χ3n) is 10.1. The van der Waals surface area contributed by atoms with Crippen LogP contribution in [0.25, 0.3) is 93.2 Å². The normalized spacial score (nSPS) is 11.7. The maximum atomic E-state index is 2.44. The second-order valence-electron chi connectivity index (χ2n) is 12.9. The van der Waals surface area contributed by atoms with Crippen LogP contribution in [0.1, 0.15) is 0 Å². The Balaban J connectivity index is 1.24. The van der Waals surface area contributed by atoms with Crippen LogP contribution in [-0.4, -0.2) is 4.57 Å². The molecule has 0 atom stereocenters. The van der Waals surface area contributed by atoms with Gasteiger partial charge in [0.1, 0.15) is 0 Å². The van der Waals surface area contributed by atoms with Gasteiger partial charge in [0, 0.05) is 16.5 Å². The summed E-state index contributed by atoms with van der Waals surface area (Å²) in [7, 11) is 0. The summed E-state index contributed by atoms with van der Waals surface area (Å²) in [4.78, 5) is 0. The maximum Gasteiger partial charge on any atom is 0.0541 e. The van der Waals surface area contributed by atoms with Gasteiger partial charge < -0.3 is 4.57 Å². The van der Waals surface area contributed by atoms with Crippen LogP contribution in [0.5, 0.6) is 0 Å². The van der Waals surface area contributed by atoms with E-state index in [1.165, 1.54) is 87.5 Å². The lowest BCUT2D eigenvalue weighted by Gasteiger charge is -2.15. The highest BCUT2D eigenvalue weighted by molar-refractivity contribution is 6.25. The molecule has 228 valence electrons. The van der Waals surface area contributed by atoms with Gasteiger partial charge >= 0.3 is 0 Å². The molecule has 0 fully saturated rings. The average molecular weight is 622 g/mol. The van der Waals surface area contributed by atoms with Crippen LogP contribution in [0.15, 0.2) is 188 Å². The van der Waals surface area contributed by atoms with Crippen molar-refractivity contribution in [2.75, 3.05) is 0 Å². The van der Waals surface area contributed by atoms with E-state index < -0.39 is 0 Å². The molecule has 0 saturated carbocycles. The molecule has 1 heterocycles. The number of nitrogens with zero attached hydrogens (tertiary/aromatic N) is 1. The summed E-state index contributed by atoms with van der Waals surface area (Å²) < 4.78 is 2.44. The molecule has 0 aliphatic rings. The Labute approximate surface area is 284 Å². The quantitative estimate of drug-likeness (QED) is 0.172. The van der Waals surface area contributed by atoms with Gasteiger partial charge in [-0.1, -0.05) is 146 Å². The van der Waals surface area contributed by atoms with E-state index in [4.69, 9.17) is 0 Å². The van der Waals surface area contributed by atoms with E-state index in [-0.39, 0.29) is 0 Å². The lowest BCUT2D eigenvalue weighted by atomic mass is 9.91. The lowest BCUT2D eigenvalue weighted by molar-refractivity contribution is 1.18. The summed E-state index contributed by atoms with van der Waals surface area (Å²) in [5.74, 6) is 0. The summed E-state index contributed by atoms with van der Waals surface area (Å²) >= 11 is 0. The van der Waals surface area contributed by atoms with Crippen LogP contribution < -0.4 is 0 Å². The van der Waals surface area contributed by atoms with Crippen molar-refractivity contribution in [2.24, 2.45) is 0 Å². The van der Waals surface area contributed by atoms with E-state index in [1.807, 2.05) is 0 Å². The smallest absolute Gasteiger partial charge is 0.0541 e. The van der Waals surface area contributed by atoms with Gasteiger partial charge in [-0.2, -0.15) is 0 Å². The maximum absolute atomic E-state index is 2.44. The van der Waals surface area contributed by atoms with E-state index in [0.29, 0.717) is 0 Å². The van der Waals surface area contributed by atoms with Crippen molar-refractivity contribution in [3.8, 4) is 39.1 Å². The fourth-order valence-electron chi connectivity index (χ4n) is 7.85. The highest BCUT2D eigenvalue weighted by atomic mass is 15.0. The predicted molar refractivity (Wildman–Crippen MR) is 210 cm³/mol. The van der Waals surface area contributed by atoms with Crippen LogP contribution in [0.3, 0.4) is 0 Å². The molecule has 0 unspecified atom stereocenters. The summed E-state index contributed by atoms with van der Waals surface area (Å²) in [6.07, 6.45) is 0. The molecule has 1 aromatic heterocycles. The number of rotatable bonds is 4. The molecule has 0 radical (unpaired) electrons. The van der Waals surface area contributed by atoms with Gasteiger partial charge in [-0.3, -0.25) is 0 Å². The van der Waals surface area contributed by atoms with Crippen molar-refractivity contribution < 1.29 is 0 Å². The Kier molecular flexibility index (Phi) is 6.25. The second kappa shape index (κ2) is 11.1. The number of hydrogen-bond donors (Lipinski definition) is 0. The van der Waals surface area contributed by atoms with Crippen LogP contribution in [0, 0.1) is 0 Å². The first-order valence-electron chi connectivity index (χ1n) is 16.9. The van der Waals surface area contributed by atoms with Crippen LogP contribution >= 0.6 is 0 Å². The molecule has 10 aromatic rings. The molecule has 0 amide bonds. The number of hydrogen-bond acceptors (Lipinski definition) is 0. The van der Waals surface area contributed by atoms with Crippen molar-refractivity contribution in [1.82, 2.24) is 4.57 Å². The summed E-state index contributed by atoms with van der Waals surface area (Å²) in [5, 5.41) is 10.3. The van der Waals surface area contributed by atoms with Gasteiger partial charge in [-0.25, -0.2) is 0 Å². The molecule has 49 heavy (non-hydrogen) atoms. The molecular weight excluding hydrogens is 591 g/mol. The number of aromatic nitrogens is 1. The first-order valence-corrected chi connectivity index (χ1v) is 16.9. The van der Waals surface area contributed by atoms with E-state index >= 15 is 0 Å². The first kappa shape index (κ1) is 27.7. The largest absolute Gasteiger partial charge is 0.309 e. The molecule has 0 aliphatic carbocycles. The van der Waals surface area contributed by atoms with Gasteiger partial charge in [-0.15, -0.1) is 0 Å². The van der Waals surface area contributed by atoms with Crippen LogP contribution in [0.4, 0.5) is 0 Å². The van der Waals surface area contributed by atoms with E-state index in [0.717, 1.165) is 5.69 Å². The summed E-state index contributed by atoms with van der Waals surface area (Å²) in [5.41, 5.74) is 10.8. The van der Waals surface area contributed by atoms with Crippen LogP contribution in [-0.2, 0) is 0 Å². The molecule has 9 aromatic carbocycles. The summed E-state index contributed by atoms with van der Waals surface area (Å²) in [6, 6.07) is 68.8. The summed E-state index contributed by atoms with van der Waals surface area (Å²) in [6.45, 7) is 0. The second-order valence-corrected chi connectivity index (χ2v) is 12.9. The molecule has 1 nitrogen and oxygen atoms in total. The molecular formula is C48H31N. The topological polar surface area (TPSA) is 4.93 Å². The SMILES string of the molecule is c1ccc(-c2cc(-c3ccc4c5ccccc5c5ccccc5c4c3)cc(-n3c4ccccc4c4cc(-c5ccccc5)ccc43)c2)cc1. The van der Waals surface area contributed by atoms with Gasteiger partial charge in [0.05, 0.1) is 11.0 Å². The molecule has 10 rings (SSSR count). The first-order chi connectivity index (χ1) is 24.3. The number of para-hydroxylation sites is 1. The molecule has 0 spiro atoms. The fraction of sp³-hybridized carbons (Fsp3) is 0. The van der Waals surface area contributed by atoms with Gasteiger partial charge in [0.25, 0.3) is 0 Å². The molecule has 0 saturated heterocycles. The van der Waals surface area contributed by atoms with Crippen molar-refractivity contribution in [2.45, 2.75) is 0 Å². The van der Waals surface area contributed by atoms with Crippen molar-refractivity contribution >= 4 is 54.1 Å². The molecule has 0 N–H and O–H groups in total. The van der Waals surface area contributed by atoms with E-state index in [2.05, 4.69) is 193 Å². The number of fused-ring (bicyclic) bond motifs is 9. The monoisotopic (exact) mass is 621 g/mol. The van der Waals surface area contributed by atoms with E-state index in [1.54, 1.807) is 0 Å². The highest BCUT2D eigenvalue weighted by Crippen LogP contribution is 2.40. The Bertz CT molecular complexity index is 2820. The number of benzene rings is 9. The van der Waals surface area contributed by atoms with Crippen LogP contribution in [0.2, 0.25) is 0 Å². The predicted octanol–water partition coefficient (Wildman–Crippen LogP) is 13.2. The average Bonchev–Trinajstić information content (AvgIpc) is 3.52. The lowest BCUT2D eigenvalue weighted by Crippen LogP contribution is -1.96. The third-order valence-corrected chi connectivity index (χ3v) is 10.1. The molecule has 1 heteroatoms. The minimum absolute atomic E-state index is 1.15. The zero-order valence-electron chi connectivity index (χ0n) is 26.8. The Morgan fingerprint density at radius 3 is 1.31 bits per heavy atom. The Hall–Kier alpha value is -6.44. The van der Waals surface area contributed by atoms with Gasteiger partial charge in [0.2, 0.25) is 0 Å². The van der Waals surface area contributed by atoms with Crippen molar-refractivity contribution in [3.05, 3.63) is 188 Å². The highest BCUT2D eigenvalue weighted by Gasteiger charge is 2.16. The zero-order chi connectivity index (χ0) is 32.3. The van der Waals surface area contributed by atoms with Gasteiger partial charge in [-0.05, 0) is 108 Å². The Morgan fingerprint density at radius 1 is 0.224 bits per heavy atom. The minimum Gasteiger partial charge on any atom is -0.309 e. The fourth-order valence-corrected chi connectivity index (χ4v) is 7.85. The molecule has 0 bridgehead atoms. The zero-order valence-corrected chi connectivity index (χ0v) is 26.8. The van der Waals surface area contributed by atoms with Gasteiger partial charge in [0.15, 0.2) is 0 Å². The Morgan fingerprint density at radius 2 is 0.653 bits per heavy atom. The van der Waals surface area contributed by atoms with Crippen molar-refractivity contribution in [1.29, 1.82) is 0 Å².